The van der Waals surface area contributed by atoms with E-state index in [4.69, 9.17) is 0 Å². The number of fused-ring (bicyclic) bond motifs is 1. The third-order valence-electron chi connectivity index (χ3n) is 2.96. The summed E-state index contributed by atoms with van der Waals surface area (Å²) in [5, 5.41) is 1.20. The van der Waals surface area contributed by atoms with Gasteiger partial charge in [0.05, 0.1) is 0 Å². The predicted molar refractivity (Wildman–Crippen MR) is 67.1 cm³/mol. The Morgan fingerprint density at radius 2 is 1.94 bits per heavy atom. The molecular formula is C14H17NO. The van der Waals surface area contributed by atoms with Gasteiger partial charge in [-0.15, -0.1) is 0 Å². The molecule has 0 spiro atoms. The molecule has 0 aliphatic rings. The van der Waals surface area contributed by atoms with Crippen molar-refractivity contribution in [3.05, 3.63) is 35.5 Å². The number of carbonyl (C=O) groups excluding carboxylic acids is 1. The minimum atomic E-state index is 0.121. The van der Waals surface area contributed by atoms with Crippen molar-refractivity contribution in [1.82, 2.24) is 4.57 Å². The molecule has 0 saturated carbocycles. The monoisotopic (exact) mass is 215 g/mol. The van der Waals surface area contributed by atoms with Crippen molar-refractivity contribution in [3.8, 4) is 0 Å². The van der Waals surface area contributed by atoms with Gasteiger partial charge in [-0.3, -0.25) is 4.79 Å². The molecule has 0 aliphatic carbocycles. The van der Waals surface area contributed by atoms with Crippen LogP contribution in [0.1, 0.15) is 42.9 Å². The van der Waals surface area contributed by atoms with Crippen molar-refractivity contribution in [2.75, 3.05) is 0 Å². The summed E-state index contributed by atoms with van der Waals surface area (Å²) in [6.07, 6.45) is 0. The van der Waals surface area contributed by atoms with Gasteiger partial charge in [0.25, 0.3) is 0 Å². The molecule has 0 aliphatic heterocycles. The van der Waals surface area contributed by atoms with Crippen LogP contribution in [0.4, 0.5) is 0 Å². The Labute approximate surface area is 95.9 Å². The zero-order valence-corrected chi connectivity index (χ0v) is 10.2. The molecule has 2 aromatic rings. The van der Waals surface area contributed by atoms with Crippen LogP contribution in [0.25, 0.3) is 10.9 Å². The van der Waals surface area contributed by atoms with E-state index >= 15 is 0 Å². The number of benzene rings is 1. The van der Waals surface area contributed by atoms with E-state index in [0.29, 0.717) is 6.04 Å². The quantitative estimate of drug-likeness (QED) is 0.699. The molecule has 2 nitrogen and oxygen atoms in total. The van der Waals surface area contributed by atoms with Crippen LogP contribution in [-0.2, 0) is 0 Å². The summed E-state index contributed by atoms with van der Waals surface area (Å²) in [4.78, 5) is 11.4. The van der Waals surface area contributed by atoms with Crippen LogP contribution in [0.2, 0.25) is 0 Å². The summed E-state index contributed by atoms with van der Waals surface area (Å²) in [6, 6.07) is 8.50. The number of hydrogen-bond acceptors (Lipinski definition) is 1. The molecule has 0 fully saturated rings. The SMILES string of the molecule is CC(=O)c1ccc2cc(C)n(C(C)C)c2c1. The first-order valence-corrected chi connectivity index (χ1v) is 5.63. The Morgan fingerprint density at radius 1 is 1.25 bits per heavy atom. The van der Waals surface area contributed by atoms with E-state index < -0.39 is 0 Å². The fraction of sp³-hybridized carbons (Fsp3) is 0.357. The lowest BCUT2D eigenvalue weighted by atomic mass is 10.1. The van der Waals surface area contributed by atoms with E-state index in [0.717, 1.165) is 11.1 Å². The van der Waals surface area contributed by atoms with Crippen molar-refractivity contribution >= 4 is 16.7 Å². The largest absolute Gasteiger partial charge is 0.342 e. The van der Waals surface area contributed by atoms with E-state index in [2.05, 4.69) is 31.4 Å². The van der Waals surface area contributed by atoms with Gasteiger partial charge < -0.3 is 4.57 Å². The molecule has 0 atom stereocenters. The Hall–Kier alpha value is -1.57. The van der Waals surface area contributed by atoms with Crippen molar-refractivity contribution in [2.24, 2.45) is 0 Å². The fourth-order valence-corrected chi connectivity index (χ4v) is 2.26. The Kier molecular flexibility index (Phi) is 2.58. The normalized spacial score (nSPS) is 11.3. The molecule has 84 valence electrons. The van der Waals surface area contributed by atoms with E-state index in [9.17, 15) is 4.79 Å². The highest BCUT2D eigenvalue weighted by atomic mass is 16.1. The van der Waals surface area contributed by atoms with E-state index in [1.165, 1.54) is 11.1 Å². The van der Waals surface area contributed by atoms with Gasteiger partial charge in [0.2, 0.25) is 0 Å². The van der Waals surface area contributed by atoms with Gasteiger partial charge >= 0.3 is 0 Å². The molecule has 2 heteroatoms. The summed E-state index contributed by atoms with van der Waals surface area (Å²) in [6.45, 7) is 8.03. The topological polar surface area (TPSA) is 22.0 Å². The summed E-state index contributed by atoms with van der Waals surface area (Å²) in [5.74, 6) is 0.121. The van der Waals surface area contributed by atoms with Gasteiger partial charge in [-0.05, 0) is 45.2 Å². The molecule has 1 aromatic heterocycles. The van der Waals surface area contributed by atoms with Gasteiger partial charge in [0, 0.05) is 22.8 Å². The first-order chi connectivity index (χ1) is 7.50. The number of Topliss-reactive ketones (excluding diaryl/α,β-unsaturated/α-hetero) is 1. The van der Waals surface area contributed by atoms with E-state index in [1.807, 2.05) is 18.2 Å². The molecule has 1 heterocycles. The van der Waals surface area contributed by atoms with Crippen LogP contribution in [0, 0.1) is 6.92 Å². The first kappa shape index (κ1) is 10.9. The number of nitrogens with zero attached hydrogens (tertiary/aromatic N) is 1. The van der Waals surface area contributed by atoms with Gasteiger partial charge in [-0.2, -0.15) is 0 Å². The highest BCUT2D eigenvalue weighted by molar-refractivity contribution is 5.98. The molecule has 2 rings (SSSR count). The lowest BCUT2D eigenvalue weighted by Crippen LogP contribution is -2.02. The Balaban J connectivity index is 2.74. The fourth-order valence-electron chi connectivity index (χ4n) is 2.26. The van der Waals surface area contributed by atoms with Crippen molar-refractivity contribution in [3.63, 3.8) is 0 Å². The van der Waals surface area contributed by atoms with Gasteiger partial charge in [0.1, 0.15) is 0 Å². The number of carbonyl (C=O) groups is 1. The van der Waals surface area contributed by atoms with Crippen molar-refractivity contribution in [2.45, 2.75) is 33.7 Å². The molecule has 0 saturated heterocycles. The van der Waals surface area contributed by atoms with Gasteiger partial charge in [-0.25, -0.2) is 0 Å². The van der Waals surface area contributed by atoms with E-state index in [1.54, 1.807) is 6.92 Å². The third-order valence-corrected chi connectivity index (χ3v) is 2.96. The lowest BCUT2D eigenvalue weighted by molar-refractivity contribution is 0.101. The first-order valence-electron chi connectivity index (χ1n) is 5.63. The maximum atomic E-state index is 11.4. The number of aryl methyl sites for hydroxylation is 1. The summed E-state index contributed by atoms with van der Waals surface area (Å²) in [7, 11) is 0. The Morgan fingerprint density at radius 3 is 2.50 bits per heavy atom. The average molecular weight is 215 g/mol. The van der Waals surface area contributed by atoms with Crippen LogP contribution in [-0.4, -0.2) is 10.4 Å². The highest BCUT2D eigenvalue weighted by Gasteiger charge is 2.10. The predicted octanol–water partition coefficient (Wildman–Crippen LogP) is 3.73. The number of aromatic nitrogens is 1. The smallest absolute Gasteiger partial charge is 0.159 e. The number of ketones is 1. The van der Waals surface area contributed by atoms with Crippen LogP contribution in [0.5, 0.6) is 0 Å². The second-order valence-electron chi connectivity index (χ2n) is 4.58. The molecule has 1 aromatic carbocycles. The second-order valence-corrected chi connectivity index (χ2v) is 4.58. The average Bonchev–Trinajstić information content (AvgIpc) is 2.51. The highest BCUT2D eigenvalue weighted by Crippen LogP contribution is 2.24. The number of rotatable bonds is 2. The summed E-state index contributed by atoms with van der Waals surface area (Å²) >= 11 is 0. The van der Waals surface area contributed by atoms with Crippen LogP contribution >= 0.6 is 0 Å². The second kappa shape index (κ2) is 3.78. The summed E-state index contributed by atoms with van der Waals surface area (Å²) in [5.41, 5.74) is 3.18. The molecule has 0 N–H and O–H groups in total. The molecular weight excluding hydrogens is 198 g/mol. The van der Waals surface area contributed by atoms with Gasteiger partial charge in [0.15, 0.2) is 5.78 Å². The molecule has 0 radical (unpaired) electrons. The van der Waals surface area contributed by atoms with Crippen molar-refractivity contribution < 1.29 is 4.79 Å². The minimum absolute atomic E-state index is 0.121. The van der Waals surface area contributed by atoms with Crippen LogP contribution in [0.3, 0.4) is 0 Å². The Bertz CT molecular complexity index is 549. The maximum Gasteiger partial charge on any atom is 0.159 e. The molecule has 16 heavy (non-hydrogen) atoms. The number of hydrogen-bond donors (Lipinski definition) is 0. The van der Waals surface area contributed by atoms with Crippen molar-refractivity contribution in [1.29, 1.82) is 0 Å². The standard InChI is InChI=1S/C14H17NO/c1-9(2)15-10(3)7-13-6-5-12(11(4)16)8-14(13)15/h5-9H,1-4H3. The molecule has 0 unspecified atom stereocenters. The third kappa shape index (κ3) is 1.64. The maximum absolute atomic E-state index is 11.4. The zero-order chi connectivity index (χ0) is 11.9. The molecule has 0 amide bonds. The molecule has 0 bridgehead atoms. The zero-order valence-electron chi connectivity index (χ0n) is 10.2. The van der Waals surface area contributed by atoms with Crippen LogP contribution in [0.15, 0.2) is 24.3 Å². The van der Waals surface area contributed by atoms with E-state index in [-0.39, 0.29) is 5.78 Å². The summed E-state index contributed by atoms with van der Waals surface area (Å²) < 4.78 is 2.27. The lowest BCUT2D eigenvalue weighted by Gasteiger charge is -2.12. The van der Waals surface area contributed by atoms with Crippen LogP contribution < -0.4 is 0 Å². The minimum Gasteiger partial charge on any atom is -0.342 e. The van der Waals surface area contributed by atoms with Gasteiger partial charge in [-0.1, -0.05) is 12.1 Å².